The second-order valence-electron chi connectivity index (χ2n) is 4.83. The normalized spacial score (nSPS) is 11.6. The predicted molar refractivity (Wildman–Crippen MR) is 65.0 cm³/mol. The summed E-state index contributed by atoms with van der Waals surface area (Å²) in [6.07, 6.45) is 0. The summed E-state index contributed by atoms with van der Waals surface area (Å²) in [5.41, 5.74) is 3.89. The molecule has 1 unspecified atom stereocenters. The topological polar surface area (TPSA) is 9.23 Å². The van der Waals surface area contributed by atoms with E-state index in [9.17, 15) is 0 Å². The van der Waals surface area contributed by atoms with Gasteiger partial charge < -0.3 is 4.52 Å². The molecule has 0 bridgehead atoms. The van der Waals surface area contributed by atoms with Crippen molar-refractivity contribution in [2.75, 3.05) is 0 Å². The van der Waals surface area contributed by atoms with Gasteiger partial charge >= 0.3 is 0 Å². The van der Waals surface area contributed by atoms with Crippen molar-refractivity contribution in [1.29, 1.82) is 0 Å². The van der Waals surface area contributed by atoms with Crippen molar-refractivity contribution < 1.29 is 4.52 Å². The van der Waals surface area contributed by atoms with E-state index in [1.807, 2.05) is 0 Å². The lowest BCUT2D eigenvalue weighted by Gasteiger charge is -2.23. The summed E-state index contributed by atoms with van der Waals surface area (Å²) in [6, 6.07) is 4.35. The summed E-state index contributed by atoms with van der Waals surface area (Å²) in [5.74, 6) is 0.994. The Hall–Kier alpha value is -0.550. The molecule has 0 aliphatic rings. The minimum Gasteiger partial charge on any atom is -0.480 e. The molecule has 1 nitrogen and oxygen atoms in total. The molecule has 0 saturated heterocycles. The number of hydrogen-bond donors (Lipinski definition) is 0. The summed E-state index contributed by atoms with van der Waals surface area (Å²) >= 11 is 0. The highest BCUT2D eigenvalue weighted by molar-refractivity contribution is 7.10. The molecule has 78 valence electrons. The van der Waals surface area contributed by atoms with Gasteiger partial charge in [-0.3, -0.25) is 0 Å². The van der Waals surface area contributed by atoms with Crippen LogP contribution >= 0.6 is 9.47 Å². The number of aryl methyl sites for hydroxylation is 2. The lowest BCUT2D eigenvalue weighted by molar-refractivity contribution is 0.542. The van der Waals surface area contributed by atoms with Crippen LogP contribution in [-0.2, 0) is 5.41 Å². The van der Waals surface area contributed by atoms with Crippen molar-refractivity contribution in [3.05, 3.63) is 28.8 Å². The van der Waals surface area contributed by atoms with Crippen molar-refractivity contribution in [3.8, 4) is 5.75 Å². The molecule has 0 radical (unpaired) electrons. The third-order valence-electron chi connectivity index (χ3n) is 2.34. The average Bonchev–Trinajstić information content (AvgIpc) is 2.01. The Morgan fingerprint density at radius 3 is 2.14 bits per heavy atom. The van der Waals surface area contributed by atoms with Crippen molar-refractivity contribution in [3.63, 3.8) is 0 Å². The zero-order valence-electron chi connectivity index (χ0n) is 9.64. The van der Waals surface area contributed by atoms with Gasteiger partial charge in [0.2, 0.25) is 0 Å². The van der Waals surface area contributed by atoms with Crippen LogP contribution in [-0.4, -0.2) is 0 Å². The van der Waals surface area contributed by atoms with Crippen LogP contribution in [0.2, 0.25) is 0 Å². The van der Waals surface area contributed by atoms with Crippen LogP contribution in [0, 0.1) is 13.8 Å². The van der Waals surface area contributed by atoms with Crippen LogP contribution in [0.1, 0.15) is 37.5 Å². The van der Waals surface area contributed by atoms with Crippen LogP contribution in [0.3, 0.4) is 0 Å². The number of hydrogen-bond acceptors (Lipinski definition) is 1. The Labute approximate surface area is 89.2 Å². The minimum absolute atomic E-state index is 0.128. The summed E-state index contributed by atoms with van der Waals surface area (Å²) in [6.45, 7) is 10.8. The Morgan fingerprint density at radius 2 is 1.71 bits per heavy atom. The lowest BCUT2D eigenvalue weighted by Crippen LogP contribution is -2.13. The van der Waals surface area contributed by atoms with Crippen LogP contribution in [0.25, 0.3) is 0 Å². The molecule has 1 aromatic rings. The summed E-state index contributed by atoms with van der Waals surface area (Å²) in [7, 11) is 2.34. The van der Waals surface area contributed by atoms with E-state index in [0.29, 0.717) is 0 Å². The Morgan fingerprint density at radius 1 is 1.14 bits per heavy atom. The van der Waals surface area contributed by atoms with Gasteiger partial charge in [0.25, 0.3) is 0 Å². The van der Waals surface area contributed by atoms with Crippen LogP contribution in [0.5, 0.6) is 5.75 Å². The zero-order chi connectivity index (χ0) is 10.9. The second kappa shape index (κ2) is 3.90. The first-order chi connectivity index (χ1) is 6.36. The molecule has 1 aromatic carbocycles. The van der Waals surface area contributed by atoms with Crippen molar-refractivity contribution in [2.45, 2.75) is 40.0 Å². The van der Waals surface area contributed by atoms with Crippen LogP contribution in [0.15, 0.2) is 12.1 Å². The maximum atomic E-state index is 5.37. The standard InChI is InChI=1S/C12H19OP/c1-8-6-9(2)11(13-14)10(7-8)12(3,4)5/h6-7H,14H2,1-5H3. The monoisotopic (exact) mass is 210 g/mol. The Bertz CT molecular complexity index is 337. The molecular formula is C12H19OP. The SMILES string of the molecule is Cc1cc(C)c(OP)c(C(C)(C)C)c1. The molecule has 0 amide bonds. The number of benzene rings is 1. The Balaban J connectivity index is 3.40. The first-order valence-electron chi connectivity index (χ1n) is 4.84. The van der Waals surface area contributed by atoms with E-state index in [0.717, 1.165) is 5.75 Å². The van der Waals surface area contributed by atoms with Gasteiger partial charge in [0, 0.05) is 5.56 Å². The molecular weight excluding hydrogens is 191 g/mol. The van der Waals surface area contributed by atoms with Gasteiger partial charge in [-0.1, -0.05) is 38.5 Å². The largest absolute Gasteiger partial charge is 0.480 e. The van der Waals surface area contributed by atoms with Gasteiger partial charge in [-0.2, -0.15) is 0 Å². The predicted octanol–water partition coefficient (Wildman–Crippen LogP) is 3.77. The molecule has 2 heteroatoms. The highest BCUT2D eigenvalue weighted by atomic mass is 31.0. The van der Waals surface area contributed by atoms with Gasteiger partial charge in [0.15, 0.2) is 0 Å². The van der Waals surface area contributed by atoms with E-state index in [1.165, 1.54) is 16.7 Å². The third-order valence-corrected chi connectivity index (χ3v) is 2.58. The van der Waals surface area contributed by atoms with Crippen molar-refractivity contribution >= 4 is 9.47 Å². The minimum atomic E-state index is 0.128. The van der Waals surface area contributed by atoms with E-state index < -0.39 is 0 Å². The molecule has 0 aromatic heterocycles. The fourth-order valence-electron chi connectivity index (χ4n) is 1.67. The Kier molecular flexibility index (Phi) is 3.21. The highest BCUT2D eigenvalue weighted by Crippen LogP contribution is 2.35. The summed E-state index contributed by atoms with van der Waals surface area (Å²) < 4.78 is 5.37. The molecule has 0 N–H and O–H groups in total. The fourth-order valence-corrected chi connectivity index (χ4v) is 1.98. The summed E-state index contributed by atoms with van der Waals surface area (Å²) in [5, 5.41) is 0. The van der Waals surface area contributed by atoms with Gasteiger partial charge in [-0.25, -0.2) is 0 Å². The van der Waals surface area contributed by atoms with Crippen LogP contribution < -0.4 is 4.52 Å². The second-order valence-corrected chi connectivity index (χ2v) is 5.06. The quantitative estimate of drug-likeness (QED) is 0.641. The third kappa shape index (κ3) is 2.27. The maximum Gasteiger partial charge on any atom is 0.129 e. The fraction of sp³-hybridized carbons (Fsp3) is 0.500. The van der Waals surface area contributed by atoms with E-state index in [4.69, 9.17) is 4.52 Å². The van der Waals surface area contributed by atoms with E-state index in [-0.39, 0.29) is 5.41 Å². The average molecular weight is 210 g/mol. The molecule has 1 atom stereocenters. The van der Waals surface area contributed by atoms with Crippen molar-refractivity contribution in [1.82, 2.24) is 0 Å². The lowest BCUT2D eigenvalue weighted by atomic mass is 9.84. The number of rotatable bonds is 1. The van der Waals surface area contributed by atoms with E-state index >= 15 is 0 Å². The molecule has 0 spiro atoms. The molecule has 0 heterocycles. The molecule has 1 rings (SSSR count). The molecule has 0 fully saturated rings. The molecule has 0 saturated carbocycles. The van der Waals surface area contributed by atoms with Gasteiger partial charge in [0.05, 0.1) is 9.47 Å². The van der Waals surface area contributed by atoms with Gasteiger partial charge in [-0.05, 0) is 24.8 Å². The van der Waals surface area contributed by atoms with Gasteiger partial charge in [0.1, 0.15) is 5.75 Å². The van der Waals surface area contributed by atoms with Gasteiger partial charge in [-0.15, -0.1) is 0 Å². The highest BCUT2D eigenvalue weighted by Gasteiger charge is 2.20. The zero-order valence-corrected chi connectivity index (χ0v) is 10.8. The molecule has 0 aliphatic carbocycles. The smallest absolute Gasteiger partial charge is 0.129 e. The van der Waals surface area contributed by atoms with E-state index in [1.54, 1.807) is 0 Å². The molecule has 0 aliphatic heterocycles. The van der Waals surface area contributed by atoms with Crippen molar-refractivity contribution in [2.24, 2.45) is 0 Å². The summed E-state index contributed by atoms with van der Waals surface area (Å²) in [4.78, 5) is 0. The first-order valence-corrected chi connectivity index (χ1v) is 5.32. The first kappa shape index (κ1) is 11.5. The van der Waals surface area contributed by atoms with E-state index in [2.05, 4.69) is 56.2 Å². The maximum absolute atomic E-state index is 5.37. The van der Waals surface area contributed by atoms with Crippen LogP contribution in [0.4, 0.5) is 0 Å². The molecule has 14 heavy (non-hydrogen) atoms.